The van der Waals surface area contributed by atoms with Gasteiger partial charge in [0.2, 0.25) is 0 Å². The van der Waals surface area contributed by atoms with Crippen molar-refractivity contribution in [3.05, 3.63) is 65.5 Å². The molecule has 0 atom stereocenters. The molecule has 132 valence electrons. The fourth-order valence-electron chi connectivity index (χ4n) is 3.08. The molecule has 0 spiro atoms. The molecule has 0 saturated heterocycles. The summed E-state index contributed by atoms with van der Waals surface area (Å²) in [6.07, 6.45) is 2.25. The van der Waals surface area contributed by atoms with Crippen molar-refractivity contribution in [2.24, 2.45) is 4.99 Å². The van der Waals surface area contributed by atoms with E-state index in [2.05, 4.69) is 27.8 Å². The minimum Gasteiger partial charge on any atom is -0.496 e. The maximum Gasteiger partial charge on any atom is 0.191 e. The maximum atomic E-state index is 13.3. The van der Waals surface area contributed by atoms with Gasteiger partial charge in [-0.15, -0.1) is 0 Å². The Labute approximate surface area is 148 Å². The van der Waals surface area contributed by atoms with Crippen molar-refractivity contribution in [3.63, 3.8) is 0 Å². The Balaban J connectivity index is 1.60. The van der Waals surface area contributed by atoms with Gasteiger partial charge in [-0.05, 0) is 36.6 Å². The average molecular weight is 341 g/mol. The molecule has 1 aliphatic rings. The number of para-hydroxylation sites is 1. The number of nitrogens with one attached hydrogen (secondary N) is 2. The minimum absolute atomic E-state index is 0.100. The zero-order valence-electron chi connectivity index (χ0n) is 14.7. The minimum atomic E-state index is -0.227. The smallest absolute Gasteiger partial charge is 0.191 e. The van der Waals surface area contributed by atoms with Gasteiger partial charge in [-0.2, -0.15) is 0 Å². The monoisotopic (exact) mass is 341 g/mol. The van der Waals surface area contributed by atoms with E-state index in [1.54, 1.807) is 20.2 Å². The van der Waals surface area contributed by atoms with Gasteiger partial charge >= 0.3 is 0 Å². The van der Waals surface area contributed by atoms with Crippen molar-refractivity contribution in [3.8, 4) is 5.75 Å². The predicted octanol–water partition coefficient (Wildman–Crippen LogP) is 3.23. The van der Waals surface area contributed by atoms with Gasteiger partial charge in [-0.1, -0.05) is 30.3 Å². The first kappa shape index (κ1) is 17.3. The lowest BCUT2D eigenvalue weighted by atomic mass is 9.95. The molecule has 1 saturated carbocycles. The van der Waals surface area contributed by atoms with Crippen LogP contribution in [0.5, 0.6) is 5.75 Å². The molecule has 2 aromatic rings. The predicted molar refractivity (Wildman–Crippen MR) is 98.5 cm³/mol. The molecule has 5 heteroatoms. The number of ether oxygens (including phenoxy) is 1. The number of guanidine groups is 1. The number of nitrogens with zero attached hydrogens (tertiary/aromatic N) is 1. The Morgan fingerprint density at radius 3 is 2.64 bits per heavy atom. The van der Waals surface area contributed by atoms with Crippen LogP contribution in [0.1, 0.15) is 24.0 Å². The third-order valence-electron chi connectivity index (χ3n) is 4.70. The second-order valence-corrected chi connectivity index (χ2v) is 6.39. The third-order valence-corrected chi connectivity index (χ3v) is 4.70. The number of methoxy groups -OCH3 is 1. The van der Waals surface area contributed by atoms with E-state index in [0.717, 1.165) is 30.7 Å². The standard InChI is InChI=1S/C20H24FN3O/c1-22-19(23-13-15-6-5-7-16(21)12-15)24-14-20(10-11-20)17-8-3-4-9-18(17)25-2/h3-9,12H,10-11,13-14H2,1-2H3,(H2,22,23,24). The fourth-order valence-corrected chi connectivity index (χ4v) is 3.08. The van der Waals surface area contributed by atoms with E-state index in [1.807, 2.05) is 18.2 Å². The highest BCUT2D eigenvalue weighted by molar-refractivity contribution is 5.79. The van der Waals surface area contributed by atoms with Gasteiger partial charge in [0, 0.05) is 31.1 Å². The summed E-state index contributed by atoms with van der Waals surface area (Å²) in [5, 5.41) is 6.63. The van der Waals surface area contributed by atoms with Crippen LogP contribution in [0.4, 0.5) is 4.39 Å². The molecule has 1 fully saturated rings. The summed E-state index contributed by atoms with van der Waals surface area (Å²) < 4.78 is 18.8. The molecule has 4 nitrogen and oxygen atoms in total. The first-order valence-corrected chi connectivity index (χ1v) is 8.49. The summed E-state index contributed by atoms with van der Waals surface area (Å²) in [6, 6.07) is 14.8. The maximum absolute atomic E-state index is 13.3. The lowest BCUT2D eigenvalue weighted by molar-refractivity contribution is 0.403. The Morgan fingerprint density at radius 1 is 1.16 bits per heavy atom. The van der Waals surface area contributed by atoms with Crippen molar-refractivity contribution in [2.45, 2.75) is 24.8 Å². The average Bonchev–Trinajstić information content (AvgIpc) is 3.43. The topological polar surface area (TPSA) is 45.7 Å². The quantitative estimate of drug-likeness (QED) is 0.626. The Bertz CT molecular complexity index is 756. The summed E-state index contributed by atoms with van der Waals surface area (Å²) in [7, 11) is 3.45. The first-order chi connectivity index (χ1) is 12.2. The lowest BCUT2D eigenvalue weighted by Gasteiger charge is -2.21. The molecule has 3 rings (SSSR count). The van der Waals surface area contributed by atoms with Gasteiger partial charge in [0.15, 0.2) is 5.96 Å². The van der Waals surface area contributed by atoms with Crippen molar-refractivity contribution in [1.29, 1.82) is 0 Å². The molecule has 1 aliphatic carbocycles. The zero-order chi connectivity index (χ0) is 17.7. The highest BCUT2D eigenvalue weighted by atomic mass is 19.1. The number of hydrogen-bond acceptors (Lipinski definition) is 2. The molecule has 0 unspecified atom stereocenters. The number of benzene rings is 2. The molecular weight excluding hydrogens is 317 g/mol. The Morgan fingerprint density at radius 2 is 1.96 bits per heavy atom. The van der Waals surface area contributed by atoms with E-state index in [1.165, 1.54) is 17.7 Å². The molecule has 2 aromatic carbocycles. The molecule has 25 heavy (non-hydrogen) atoms. The van der Waals surface area contributed by atoms with E-state index in [0.29, 0.717) is 12.5 Å². The van der Waals surface area contributed by atoms with Crippen LogP contribution in [0.15, 0.2) is 53.5 Å². The largest absolute Gasteiger partial charge is 0.496 e. The van der Waals surface area contributed by atoms with Crippen LogP contribution in [-0.2, 0) is 12.0 Å². The first-order valence-electron chi connectivity index (χ1n) is 8.49. The highest BCUT2D eigenvalue weighted by Crippen LogP contribution is 2.50. The van der Waals surface area contributed by atoms with Crippen LogP contribution in [0, 0.1) is 5.82 Å². The van der Waals surface area contributed by atoms with Crippen molar-refractivity contribution in [2.75, 3.05) is 20.7 Å². The van der Waals surface area contributed by atoms with Gasteiger partial charge < -0.3 is 15.4 Å². The van der Waals surface area contributed by atoms with Gasteiger partial charge in [0.1, 0.15) is 11.6 Å². The Kier molecular flexibility index (Phi) is 5.22. The summed E-state index contributed by atoms with van der Waals surface area (Å²) >= 11 is 0. The van der Waals surface area contributed by atoms with Crippen LogP contribution in [-0.4, -0.2) is 26.7 Å². The van der Waals surface area contributed by atoms with Crippen LogP contribution in [0.25, 0.3) is 0 Å². The number of hydrogen-bond donors (Lipinski definition) is 2. The zero-order valence-corrected chi connectivity index (χ0v) is 14.7. The lowest BCUT2D eigenvalue weighted by Crippen LogP contribution is -2.41. The highest BCUT2D eigenvalue weighted by Gasteiger charge is 2.46. The Hall–Kier alpha value is -2.56. The second kappa shape index (κ2) is 7.55. The summed E-state index contributed by atoms with van der Waals surface area (Å²) in [6.45, 7) is 1.31. The summed E-state index contributed by atoms with van der Waals surface area (Å²) in [5.74, 6) is 1.42. The van der Waals surface area contributed by atoms with Crippen molar-refractivity contribution < 1.29 is 9.13 Å². The third kappa shape index (κ3) is 4.10. The van der Waals surface area contributed by atoms with E-state index in [9.17, 15) is 4.39 Å². The van der Waals surface area contributed by atoms with E-state index >= 15 is 0 Å². The normalized spacial score (nSPS) is 15.6. The number of rotatable bonds is 6. The van der Waals surface area contributed by atoms with E-state index < -0.39 is 0 Å². The van der Waals surface area contributed by atoms with Crippen LogP contribution in [0.3, 0.4) is 0 Å². The van der Waals surface area contributed by atoms with Crippen LogP contribution < -0.4 is 15.4 Å². The van der Waals surface area contributed by atoms with Gasteiger partial charge in [0.05, 0.1) is 7.11 Å². The number of halogens is 1. The van der Waals surface area contributed by atoms with Gasteiger partial charge in [0.25, 0.3) is 0 Å². The molecule has 2 N–H and O–H groups in total. The van der Waals surface area contributed by atoms with Crippen LogP contribution in [0.2, 0.25) is 0 Å². The molecule has 0 aliphatic heterocycles. The molecule has 0 bridgehead atoms. The fraction of sp³-hybridized carbons (Fsp3) is 0.350. The molecule has 0 radical (unpaired) electrons. The SMILES string of the molecule is CN=C(NCc1cccc(F)c1)NCC1(c2ccccc2OC)CC1. The van der Waals surface area contributed by atoms with Crippen molar-refractivity contribution in [1.82, 2.24) is 10.6 Å². The molecule has 0 amide bonds. The molecular formula is C20H24FN3O. The van der Waals surface area contributed by atoms with E-state index in [-0.39, 0.29) is 11.2 Å². The number of aliphatic imine (C=N–C) groups is 1. The summed E-state index contributed by atoms with van der Waals surface area (Å²) in [5.41, 5.74) is 2.22. The summed E-state index contributed by atoms with van der Waals surface area (Å²) in [4.78, 5) is 4.26. The molecule has 0 heterocycles. The van der Waals surface area contributed by atoms with Gasteiger partial charge in [-0.3, -0.25) is 4.99 Å². The second-order valence-electron chi connectivity index (χ2n) is 6.39. The van der Waals surface area contributed by atoms with Crippen molar-refractivity contribution >= 4 is 5.96 Å². The molecule has 0 aromatic heterocycles. The van der Waals surface area contributed by atoms with E-state index in [4.69, 9.17) is 4.74 Å². The van der Waals surface area contributed by atoms with Crippen LogP contribution >= 0.6 is 0 Å². The van der Waals surface area contributed by atoms with Gasteiger partial charge in [-0.25, -0.2) is 4.39 Å².